The summed E-state index contributed by atoms with van der Waals surface area (Å²) in [6.45, 7) is 3.92. The number of nitrogens with zero attached hydrogens (tertiary/aromatic N) is 2. The third-order valence-electron chi connectivity index (χ3n) is 3.01. The Bertz CT molecular complexity index is 485. The third kappa shape index (κ3) is 2.87. The topological polar surface area (TPSA) is 36.4 Å². The maximum absolute atomic E-state index is 9.39. The minimum Gasteiger partial charge on any atom is -0.392 e. The summed E-state index contributed by atoms with van der Waals surface area (Å²) < 4.78 is 0. The van der Waals surface area contributed by atoms with Crippen LogP contribution in [-0.4, -0.2) is 16.6 Å². The van der Waals surface area contributed by atoms with Crippen molar-refractivity contribution in [1.82, 2.24) is 4.98 Å². The van der Waals surface area contributed by atoms with Crippen molar-refractivity contribution in [3.05, 3.63) is 59.9 Å². The van der Waals surface area contributed by atoms with Crippen molar-refractivity contribution in [3.63, 3.8) is 0 Å². The fourth-order valence-corrected chi connectivity index (χ4v) is 2.03. The predicted octanol–water partition coefficient (Wildman–Crippen LogP) is 2.60. The van der Waals surface area contributed by atoms with E-state index in [1.54, 1.807) is 12.4 Å². The van der Waals surface area contributed by atoms with Crippen LogP contribution in [0.25, 0.3) is 0 Å². The SMILES string of the molecule is CCN(Cc1ccncc1)c1ccccc1CO. The molecule has 1 aromatic heterocycles. The number of benzene rings is 1. The number of para-hydroxylation sites is 1. The van der Waals surface area contributed by atoms with Gasteiger partial charge in [0.1, 0.15) is 0 Å². The second kappa shape index (κ2) is 6.17. The van der Waals surface area contributed by atoms with Crippen LogP contribution in [0.3, 0.4) is 0 Å². The van der Waals surface area contributed by atoms with E-state index in [4.69, 9.17) is 0 Å². The first kappa shape index (κ1) is 12.6. The number of aromatic nitrogens is 1. The molecule has 0 bridgehead atoms. The number of aliphatic hydroxyl groups is 1. The van der Waals surface area contributed by atoms with Gasteiger partial charge in [0.15, 0.2) is 0 Å². The molecule has 1 N–H and O–H groups in total. The summed E-state index contributed by atoms with van der Waals surface area (Å²) in [5.41, 5.74) is 3.28. The van der Waals surface area contributed by atoms with Gasteiger partial charge >= 0.3 is 0 Å². The van der Waals surface area contributed by atoms with Gasteiger partial charge in [-0.25, -0.2) is 0 Å². The number of rotatable bonds is 5. The van der Waals surface area contributed by atoms with Crippen molar-refractivity contribution < 1.29 is 5.11 Å². The molecule has 94 valence electrons. The molecule has 0 aliphatic rings. The van der Waals surface area contributed by atoms with Crippen LogP contribution in [0.4, 0.5) is 5.69 Å². The van der Waals surface area contributed by atoms with Crippen LogP contribution < -0.4 is 4.90 Å². The molecule has 18 heavy (non-hydrogen) atoms. The average molecular weight is 242 g/mol. The van der Waals surface area contributed by atoms with Gasteiger partial charge in [-0.2, -0.15) is 0 Å². The lowest BCUT2D eigenvalue weighted by atomic mass is 10.1. The van der Waals surface area contributed by atoms with Gasteiger partial charge in [0, 0.05) is 36.7 Å². The van der Waals surface area contributed by atoms with E-state index < -0.39 is 0 Å². The van der Waals surface area contributed by atoms with Crippen molar-refractivity contribution >= 4 is 5.69 Å². The highest BCUT2D eigenvalue weighted by Gasteiger charge is 2.09. The largest absolute Gasteiger partial charge is 0.392 e. The second-order valence-corrected chi connectivity index (χ2v) is 4.16. The molecule has 0 unspecified atom stereocenters. The lowest BCUT2D eigenvalue weighted by Gasteiger charge is -2.25. The van der Waals surface area contributed by atoms with E-state index in [1.807, 2.05) is 30.3 Å². The number of hydrogen-bond acceptors (Lipinski definition) is 3. The van der Waals surface area contributed by atoms with Gasteiger partial charge in [-0.05, 0) is 30.7 Å². The van der Waals surface area contributed by atoms with Crippen LogP contribution in [0.1, 0.15) is 18.1 Å². The summed E-state index contributed by atoms with van der Waals surface area (Å²) in [5, 5.41) is 9.39. The highest BCUT2D eigenvalue weighted by atomic mass is 16.3. The molecule has 0 radical (unpaired) electrons. The lowest BCUT2D eigenvalue weighted by molar-refractivity contribution is 0.282. The molecule has 0 amide bonds. The van der Waals surface area contributed by atoms with Gasteiger partial charge in [0.05, 0.1) is 6.61 Å². The third-order valence-corrected chi connectivity index (χ3v) is 3.01. The maximum Gasteiger partial charge on any atom is 0.0702 e. The number of pyridine rings is 1. The molecule has 0 saturated carbocycles. The standard InChI is InChI=1S/C15H18N2O/c1-2-17(11-13-7-9-16-10-8-13)15-6-4-3-5-14(15)12-18/h3-10,18H,2,11-12H2,1H3. The summed E-state index contributed by atoms with van der Waals surface area (Å²) in [6.07, 6.45) is 3.61. The highest BCUT2D eigenvalue weighted by molar-refractivity contribution is 5.53. The van der Waals surface area contributed by atoms with Gasteiger partial charge in [0.25, 0.3) is 0 Å². The van der Waals surface area contributed by atoms with Crippen molar-refractivity contribution in [2.24, 2.45) is 0 Å². The summed E-state index contributed by atoms with van der Waals surface area (Å²) in [5.74, 6) is 0. The molecule has 0 saturated heterocycles. The summed E-state index contributed by atoms with van der Waals surface area (Å²) in [4.78, 5) is 6.28. The van der Waals surface area contributed by atoms with Gasteiger partial charge < -0.3 is 10.0 Å². The Morgan fingerprint density at radius 2 is 1.83 bits per heavy atom. The van der Waals surface area contributed by atoms with E-state index in [2.05, 4.69) is 22.9 Å². The molecule has 2 rings (SSSR count). The molecule has 0 fully saturated rings. The zero-order valence-electron chi connectivity index (χ0n) is 10.6. The fourth-order valence-electron chi connectivity index (χ4n) is 2.03. The van der Waals surface area contributed by atoms with Crippen LogP contribution in [0, 0.1) is 0 Å². The highest BCUT2D eigenvalue weighted by Crippen LogP contribution is 2.22. The van der Waals surface area contributed by atoms with E-state index in [-0.39, 0.29) is 6.61 Å². The van der Waals surface area contributed by atoms with E-state index in [1.165, 1.54) is 5.56 Å². The molecular weight excluding hydrogens is 224 g/mol. The zero-order chi connectivity index (χ0) is 12.8. The predicted molar refractivity (Wildman–Crippen MR) is 73.3 cm³/mol. The summed E-state index contributed by atoms with van der Waals surface area (Å²) >= 11 is 0. The minimum absolute atomic E-state index is 0.0724. The molecule has 0 atom stereocenters. The Morgan fingerprint density at radius 1 is 1.11 bits per heavy atom. The van der Waals surface area contributed by atoms with E-state index >= 15 is 0 Å². The van der Waals surface area contributed by atoms with Crippen LogP contribution in [0.5, 0.6) is 0 Å². The van der Waals surface area contributed by atoms with Crippen LogP contribution in [-0.2, 0) is 13.2 Å². The van der Waals surface area contributed by atoms with Crippen LogP contribution in [0.15, 0.2) is 48.8 Å². The molecule has 3 nitrogen and oxygen atoms in total. The summed E-state index contributed by atoms with van der Waals surface area (Å²) in [7, 11) is 0. The Labute approximate surface area is 108 Å². The van der Waals surface area contributed by atoms with E-state index in [0.29, 0.717) is 0 Å². The maximum atomic E-state index is 9.39. The minimum atomic E-state index is 0.0724. The Balaban J connectivity index is 2.23. The zero-order valence-corrected chi connectivity index (χ0v) is 10.6. The molecule has 0 aliphatic heterocycles. The van der Waals surface area contributed by atoms with Gasteiger partial charge in [-0.1, -0.05) is 18.2 Å². The van der Waals surface area contributed by atoms with Crippen LogP contribution in [0.2, 0.25) is 0 Å². The van der Waals surface area contributed by atoms with Crippen LogP contribution >= 0.6 is 0 Å². The average Bonchev–Trinajstić information content (AvgIpc) is 2.46. The van der Waals surface area contributed by atoms with Crippen molar-refractivity contribution in [2.45, 2.75) is 20.1 Å². The molecule has 1 aromatic carbocycles. The quantitative estimate of drug-likeness (QED) is 0.875. The number of aliphatic hydroxyl groups excluding tert-OH is 1. The summed E-state index contributed by atoms with van der Waals surface area (Å²) in [6, 6.07) is 12.0. The van der Waals surface area contributed by atoms with Gasteiger partial charge in [-0.15, -0.1) is 0 Å². The first-order chi connectivity index (χ1) is 8.85. The Morgan fingerprint density at radius 3 is 2.50 bits per heavy atom. The van der Waals surface area contributed by atoms with E-state index in [9.17, 15) is 5.11 Å². The normalized spacial score (nSPS) is 10.3. The first-order valence-corrected chi connectivity index (χ1v) is 6.17. The first-order valence-electron chi connectivity index (χ1n) is 6.17. The van der Waals surface area contributed by atoms with Gasteiger partial charge in [0.2, 0.25) is 0 Å². The van der Waals surface area contributed by atoms with Crippen molar-refractivity contribution in [3.8, 4) is 0 Å². The lowest BCUT2D eigenvalue weighted by Crippen LogP contribution is -2.23. The number of hydrogen-bond donors (Lipinski definition) is 1. The molecular formula is C15H18N2O. The Hall–Kier alpha value is -1.87. The molecule has 2 aromatic rings. The molecule has 0 aliphatic carbocycles. The van der Waals surface area contributed by atoms with Gasteiger partial charge in [-0.3, -0.25) is 4.98 Å². The smallest absolute Gasteiger partial charge is 0.0702 e. The van der Waals surface area contributed by atoms with Crippen molar-refractivity contribution in [1.29, 1.82) is 0 Å². The fraction of sp³-hybridized carbons (Fsp3) is 0.267. The monoisotopic (exact) mass is 242 g/mol. The van der Waals surface area contributed by atoms with Crippen molar-refractivity contribution in [2.75, 3.05) is 11.4 Å². The molecule has 0 spiro atoms. The second-order valence-electron chi connectivity index (χ2n) is 4.16. The molecule has 3 heteroatoms. The number of anilines is 1. The molecule has 1 heterocycles. The van der Waals surface area contributed by atoms with E-state index in [0.717, 1.165) is 24.3 Å². The Kier molecular flexibility index (Phi) is 4.31.